The second-order valence-corrected chi connectivity index (χ2v) is 4.47. The van der Waals surface area contributed by atoms with Gasteiger partial charge in [0, 0.05) is 19.3 Å². The Morgan fingerprint density at radius 2 is 2.22 bits per heavy atom. The van der Waals surface area contributed by atoms with Crippen molar-refractivity contribution in [3.05, 3.63) is 12.1 Å². The van der Waals surface area contributed by atoms with Crippen LogP contribution in [0, 0.1) is 0 Å². The lowest BCUT2D eigenvalue weighted by Gasteiger charge is -2.37. The van der Waals surface area contributed by atoms with Gasteiger partial charge in [0.25, 0.3) is 0 Å². The number of hydrogen-bond acceptors (Lipinski definition) is 6. The Kier molecular flexibility index (Phi) is 3.88. The summed E-state index contributed by atoms with van der Waals surface area (Å²) in [5.41, 5.74) is 6.01. The van der Waals surface area contributed by atoms with Gasteiger partial charge in [-0.2, -0.15) is 4.98 Å². The molecule has 2 heterocycles. The van der Waals surface area contributed by atoms with Crippen LogP contribution in [0.1, 0.15) is 12.8 Å². The molecule has 0 saturated carbocycles. The van der Waals surface area contributed by atoms with Gasteiger partial charge in [0.05, 0.1) is 24.9 Å². The molecule has 0 aliphatic carbocycles. The van der Waals surface area contributed by atoms with Crippen LogP contribution in [0.3, 0.4) is 0 Å². The highest BCUT2D eigenvalue weighted by molar-refractivity contribution is 5.63. The van der Waals surface area contributed by atoms with Gasteiger partial charge in [0.15, 0.2) is 5.82 Å². The minimum absolute atomic E-state index is 0.0225. The number of ether oxygens (including phenoxy) is 2. The SMILES string of the molecule is COc1ccc(N)c(NC2(CO)CCOCC2)n1. The van der Waals surface area contributed by atoms with E-state index in [4.69, 9.17) is 15.2 Å². The first kappa shape index (κ1) is 12.9. The molecule has 1 fully saturated rings. The van der Waals surface area contributed by atoms with E-state index in [9.17, 15) is 5.11 Å². The number of anilines is 2. The van der Waals surface area contributed by atoms with E-state index in [2.05, 4.69) is 10.3 Å². The number of nitrogen functional groups attached to an aromatic ring is 1. The van der Waals surface area contributed by atoms with Gasteiger partial charge in [-0.3, -0.25) is 0 Å². The number of aromatic nitrogens is 1. The summed E-state index contributed by atoms with van der Waals surface area (Å²) >= 11 is 0. The summed E-state index contributed by atoms with van der Waals surface area (Å²) in [5, 5.41) is 12.8. The summed E-state index contributed by atoms with van der Waals surface area (Å²) in [6.45, 7) is 1.27. The molecule has 1 aromatic rings. The van der Waals surface area contributed by atoms with Gasteiger partial charge in [-0.25, -0.2) is 0 Å². The molecular formula is C12H19N3O3. The number of methoxy groups -OCH3 is 1. The zero-order chi connectivity index (χ0) is 13.0. The number of aliphatic hydroxyl groups excluding tert-OH is 1. The van der Waals surface area contributed by atoms with Crippen LogP contribution in [0.5, 0.6) is 5.88 Å². The lowest BCUT2D eigenvalue weighted by atomic mass is 9.91. The number of aliphatic hydroxyl groups is 1. The molecule has 0 radical (unpaired) electrons. The summed E-state index contributed by atoms with van der Waals surface area (Å²) < 4.78 is 10.4. The Morgan fingerprint density at radius 1 is 1.50 bits per heavy atom. The lowest BCUT2D eigenvalue weighted by molar-refractivity contribution is 0.0378. The standard InChI is InChI=1S/C12H19N3O3/c1-17-10-3-2-9(13)11(14-10)15-12(8-16)4-6-18-7-5-12/h2-3,16H,4-8,13H2,1H3,(H,14,15). The molecule has 1 aliphatic heterocycles. The average Bonchev–Trinajstić information content (AvgIpc) is 2.42. The number of pyridine rings is 1. The molecule has 6 nitrogen and oxygen atoms in total. The molecule has 0 spiro atoms. The second kappa shape index (κ2) is 5.41. The van der Waals surface area contributed by atoms with Gasteiger partial charge >= 0.3 is 0 Å². The summed E-state index contributed by atoms with van der Waals surface area (Å²) in [6, 6.07) is 3.44. The molecule has 100 valence electrons. The molecular weight excluding hydrogens is 234 g/mol. The van der Waals surface area contributed by atoms with Crippen LogP contribution in [0.25, 0.3) is 0 Å². The van der Waals surface area contributed by atoms with E-state index >= 15 is 0 Å². The molecule has 1 aliphatic rings. The Hall–Kier alpha value is -1.53. The maximum atomic E-state index is 9.60. The zero-order valence-corrected chi connectivity index (χ0v) is 10.5. The van der Waals surface area contributed by atoms with Crippen molar-refractivity contribution in [2.24, 2.45) is 0 Å². The highest BCUT2D eigenvalue weighted by Crippen LogP contribution is 2.28. The quantitative estimate of drug-likeness (QED) is 0.729. The van der Waals surface area contributed by atoms with Gasteiger partial charge < -0.3 is 25.6 Å². The lowest BCUT2D eigenvalue weighted by Crippen LogP contribution is -2.47. The summed E-state index contributed by atoms with van der Waals surface area (Å²) in [4.78, 5) is 4.27. The van der Waals surface area contributed by atoms with Crippen LogP contribution in [-0.2, 0) is 4.74 Å². The first-order valence-electron chi connectivity index (χ1n) is 5.96. The Bertz CT molecular complexity index is 406. The zero-order valence-electron chi connectivity index (χ0n) is 10.5. The number of hydrogen-bond donors (Lipinski definition) is 3. The first-order chi connectivity index (χ1) is 8.69. The van der Waals surface area contributed by atoms with Crippen LogP contribution in [0.2, 0.25) is 0 Å². The molecule has 0 unspecified atom stereocenters. The van der Waals surface area contributed by atoms with Crippen molar-refractivity contribution in [1.82, 2.24) is 4.98 Å². The smallest absolute Gasteiger partial charge is 0.215 e. The maximum Gasteiger partial charge on any atom is 0.215 e. The van der Waals surface area contributed by atoms with Crippen molar-refractivity contribution in [2.45, 2.75) is 18.4 Å². The van der Waals surface area contributed by atoms with E-state index in [0.717, 1.165) is 12.8 Å². The minimum Gasteiger partial charge on any atom is -0.481 e. The van der Waals surface area contributed by atoms with E-state index in [1.54, 1.807) is 19.2 Å². The van der Waals surface area contributed by atoms with Crippen LogP contribution >= 0.6 is 0 Å². The van der Waals surface area contributed by atoms with Crippen LogP contribution in [0.15, 0.2) is 12.1 Å². The first-order valence-corrected chi connectivity index (χ1v) is 5.96. The Labute approximate surface area is 106 Å². The third kappa shape index (κ3) is 2.65. The highest BCUT2D eigenvalue weighted by atomic mass is 16.5. The maximum absolute atomic E-state index is 9.60. The van der Waals surface area contributed by atoms with E-state index in [-0.39, 0.29) is 6.61 Å². The third-order valence-corrected chi connectivity index (χ3v) is 3.25. The molecule has 1 aromatic heterocycles. The molecule has 0 atom stereocenters. The van der Waals surface area contributed by atoms with Gasteiger partial charge in [-0.15, -0.1) is 0 Å². The molecule has 2 rings (SSSR count). The molecule has 1 saturated heterocycles. The van der Waals surface area contributed by atoms with Crippen molar-refractivity contribution in [1.29, 1.82) is 0 Å². The van der Waals surface area contributed by atoms with Crippen molar-refractivity contribution in [3.63, 3.8) is 0 Å². The monoisotopic (exact) mass is 253 g/mol. The van der Waals surface area contributed by atoms with Gasteiger partial charge in [0.1, 0.15) is 0 Å². The fraction of sp³-hybridized carbons (Fsp3) is 0.583. The topological polar surface area (TPSA) is 89.6 Å². The number of nitrogens with zero attached hydrogens (tertiary/aromatic N) is 1. The van der Waals surface area contributed by atoms with E-state index in [1.807, 2.05) is 0 Å². The summed E-state index contributed by atoms with van der Waals surface area (Å²) in [6.07, 6.45) is 1.45. The van der Waals surface area contributed by atoms with Crippen molar-refractivity contribution in [3.8, 4) is 5.88 Å². The number of nitrogens with two attached hydrogens (primary N) is 1. The average molecular weight is 253 g/mol. The van der Waals surface area contributed by atoms with E-state index in [1.165, 1.54) is 0 Å². The summed E-state index contributed by atoms with van der Waals surface area (Å²) in [5.74, 6) is 1.04. The van der Waals surface area contributed by atoms with Crippen molar-refractivity contribution >= 4 is 11.5 Å². The minimum atomic E-state index is -0.411. The fourth-order valence-corrected chi connectivity index (χ4v) is 2.00. The molecule has 0 amide bonds. The molecule has 4 N–H and O–H groups in total. The third-order valence-electron chi connectivity index (χ3n) is 3.25. The highest BCUT2D eigenvalue weighted by Gasteiger charge is 2.32. The number of rotatable bonds is 4. The van der Waals surface area contributed by atoms with Crippen LogP contribution in [-0.4, -0.2) is 42.6 Å². The van der Waals surface area contributed by atoms with Gasteiger partial charge in [0.2, 0.25) is 5.88 Å². The normalized spacial score (nSPS) is 18.3. The molecule has 6 heteroatoms. The summed E-state index contributed by atoms with van der Waals surface area (Å²) in [7, 11) is 1.55. The largest absolute Gasteiger partial charge is 0.481 e. The Balaban J connectivity index is 2.20. The van der Waals surface area contributed by atoms with E-state index in [0.29, 0.717) is 30.6 Å². The van der Waals surface area contributed by atoms with E-state index < -0.39 is 5.54 Å². The number of nitrogens with one attached hydrogen (secondary N) is 1. The predicted octanol–water partition coefficient (Wildman–Crippen LogP) is 0.626. The van der Waals surface area contributed by atoms with Gasteiger partial charge in [-0.05, 0) is 18.9 Å². The Morgan fingerprint density at radius 3 is 2.83 bits per heavy atom. The van der Waals surface area contributed by atoms with Crippen molar-refractivity contribution in [2.75, 3.05) is 38.0 Å². The van der Waals surface area contributed by atoms with Crippen molar-refractivity contribution < 1.29 is 14.6 Å². The predicted molar refractivity (Wildman–Crippen MR) is 68.7 cm³/mol. The second-order valence-electron chi connectivity index (χ2n) is 4.47. The molecule has 18 heavy (non-hydrogen) atoms. The van der Waals surface area contributed by atoms with Crippen LogP contribution in [0.4, 0.5) is 11.5 Å². The molecule has 0 aromatic carbocycles. The molecule has 0 bridgehead atoms. The van der Waals surface area contributed by atoms with Crippen LogP contribution < -0.4 is 15.8 Å². The van der Waals surface area contributed by atoms with Gasteiger partial charge in [-0.1, -0.05) is 0 Å². The fourth-order valence-electron chi connectivity index (χ4n) is 2.00.